The molecule has 1 aliphatic rings. The fourth-order valence-corrected chi connectivity index (χ4v) is 2.75. The molecular weight excluding hydrogens is 276 g/mol. The standard InChI is InChI=1S/C14H18N2O5/c1-21-13-8-11(5-6-12(13)16(19)20)15-7-3-2-4-10(15)9-14(17)18/h5-6,8,10H,2-4,7,9H2,1H3,(H,17,18). The zero-order valence-electron chi connectivity index (χ0n) is 11.8. The minimum absolute atomic E-state index is 0.0688. The van der Waals surface area contributed by atoms with Gasteiger partial charge in [0.1, 0.15) is 0 Å². The van der Waals surface area contributed by atoms with Crippen LogP contribution in [0, 0.1) is 10.1 Å². The van der Waals surface area contributed by atoms with Crippen LogP contribution in [0.25, 0.3) is 0 Å². The predicted octanol–water partition coefficient (Wildman–Crippen LogP) is 2.44. The van der Waals surface area contributed by atoms with Crippen molar-refractivity contribution >= 4 is 17.3 Å². The Morgan fingerprint density at radius 3 is 2.90 bits per heavy atom. The molecule has 1 aromatic carbocycles. The number of methoxy groups -OCH3 is 1. The van der Waals surface area contributed by atoms with Crippen LogP contribution in [0.2, 0.25) is 0 Å². The van der Waals surface area contributed by atoms with E-state index in [-0.39, 0.29) is 23.9 Å². The molecule has 1 aromatic rings. The zero-order chi connectivity index (χ0) is 15.4. The van der Waals surface area contributed by atoms with Crippen LogP contribution in [0.1, 0.15) is 25.7 Å². The molecular formula is C14H18N2O5. The first-order valence-electron chi connectivity index (χ1n) is 6.83. The Hall–Kier alpha value is -2.31. The van der Waals surface area contributed by atoms with Crippen LogP contribution in [0.5, 0.6) is 5.75 Å². The largest absolute Gasteiger partial charge is 0.490 e. The van der Waals surface area contributed by atoms with E-state index in [1.165, 1.54) is 13.2 Å². The molecule has 0 radical (unpaired) electrons. The first-order chi connectivity index (χ1) is 10.0. The number of nitro benzene ring substituents is 1. The van der Waals surface area contributed by atoms with Crippen LogP contribution in [-0.2, 0) is 4.79 Å². The molecule has 1 saturated heterocycles. The summed E-state index contributed by atoms with van der Waals surface area (Å²) in [5, 5.41) is 19.9. The van der Waals surface area contributed by atoms with E-state index in [0.29, 0.717) is 0 Å². The van der Waals surface area contributed by atoms with E-state index >= 15 is 0 Å². The highest BCUT2D eigenvalue weighted by atomic mass is 16.6. The molecule has 1 aliphatic heterocycles. The molecule has 1 unspecified atom stereocenters. The Balaban J connectivity index is 2.30. The number of carboxylic acid groups (broad SMARTS) is 1. The van der Waals surface area contributed by atoms with E-state index in [9.17, 15) is 14.9 Å². The van der Waals surface area contributed by atoms with E-state index in [2.05, 4.69) is 0 Å². The molecule has 0 saturated carbocycles. The number of hydrogen-bond acceptors (Lipinski definition) is 5. The number of nitrogens with zero attached hydrogens (tertiary/aromatic N) is 2. The third kappa shape index (κ3) is 3.42. The predicted molar refractivity (Wildman–Crippen MR) is 76.9 cm³/mol. The summed E-state index contributed by atoms with van der Waals surface area (Å²) >= 11 is 0. The van der Waals surface area contributed by atoms with Crippen molar-refractivity contribution < 1.29 is 19.6 Å². The van der Waals surface area contributed by atoms with Crippen LogP contribution < -0.4 is 9.64 Å². The third-order valence-corrected chi connectivity index (χ3v) is 3.73. The van der Waals surface area contributed by atoms with Gasteiger partial charge >= 0.3 is 11.7 Å². The number of benzene rings is 1. The molecule has 1 N–H and O–H groups in total. The molecule has 114 valence electrons. The fraction of sp³-hybridized carbons (Fsp3) is 0.500. The summed E-state index contributed by atoms with van der Waals surface area (Å²) < 4.78 is 5.07. The molecule has 0 spiro atoms. The molecule has 0 aliphatic carbocycles. The smallest absolute Gasteiger partial charge is 0.311 e. The minimum Gasteiger partial charge on any atom is -0.490 e. The summed E-state index contributed by atoms with van der Waals surface area (Å²) in [6.07, 6.45) is 2.86. The van der Waals surface area contributed by atoms with Crippen molar-refractivity contribution in [1.82, 2.24) is 0 Å². The summed E-state index contributed by atoms with van der Waals surface area (Å²) in [4.78, 5) is 23.4. The highest BCUT2D eigenvalue weighted by Gasteiger charge is 2.26. The summed E-state index contributed by atoms with van der Waals surface area (Å²) in [5.74, 6) is -0.641. The fourth-order valence-electron chi connectivity index (χ4n) is 2.75. The number of carboxylic acids is 1. The van der Waals surface area contributed by atoms with Crippen molar-refractivity contribution in [2.24, 2.45) is 0 Å². The van der Waals surface area contributed by atoms with E-state index in [1.54, 1.807) is 12.1 Å². The summed E-state index contributed by atoms with van der Waals surface area (Å²) in [7, 11) is 1.39. The van der Waals surface area contributed by atoms with Crippen molar-refractivity contribution in [3.05, 3.63) is 28.3 Å². The van der Waals surface area contributed by atoms with Crippen LogP contribution in [-0.4, -0.2) is 35.7 Å². The molecule has 1 heterocycles. The number of anilines is 1. The number of aliphatic carboxylic acids is 1. The van der Waals surface area contributed by atoms with Crippen LogP contribution >= 0.6 is 0 Å². The second-order valence-corrected chi connectivity index (χ2v) is 5.05. The lowest BCUT2D eigenvalue weighted by Crippen LogP contribution is -2.40. The lowest BCUT2D eigenvalue weighted by Gasteiger charge is -2.37. The molecule has 1 atom stereocenters. The van der Waals surface area contributed by atoms with Gasteiger partial charge < -0.3 is 14.7 Å². The van der Waals surface area contributed by atoms with Crippen molar-refractivity contribution in [3.8, 4) is 5.75 Å². The van der Waals surface area contributed by atoms with Gasteiger partial charge in [-0.25, -0.2) is 0 Å². The van der Waals surface area contributed by atoms with Crippen molar-refractivity contribution in [2.45, 2.75) is 31.7 Å². The molecule has 2 rings (SSSR count). The second kappa shape index (κ2) is 6.43. The highest BCUT2D eigenvalue weighted by Crippen LogP contribution is 2.34. The topological polar surface area (TPSA) is 92.9 Å². The Labute approximate surface area is 122 Å². The average Bonchev–Trinajstić information content (AvgIpc) is 2.46. The first kappa shape index (κ1) is 15.1. The number of carbonyl (C=O) groups is 1. The number of rotatable bonds is 5. The number of hydrogen-bond donors (Lipinski definition) is 1. The van der Waals surface area contributed by atoms with Gasteiger partial charge in [-0.2, -0.15) is 0 Å². The molecule has 7 heteroatoms. The normalized spacial score (nSPS) is 18.3. The first-order valence-corrected chi connectivity index (χ1v) is 6.83. The molecule has 0 aromatic heterocycles. The highest BCUT2D eigenvalue weighted by molar-refractivity contribution is 5.69. The van der Waals surface area contributed by atoms with E-state index in [1.807, 2.05) is 4.90 Å². The second-order valence-electron chi connectivity index (χ2n) is 5.05. The molecule has 1 fully saturated rings. The van der Waals surface area contributed by atoms with Gasteiger partial charge in [0.2, 0.25) is 0 Å². The summed E-state index contributed by atoms with van der Waals surface area (Å²) in [6.45, 7) is 0.749. The molecule has 0 bridgehead atoms. The lowest BCUT2D eigenvalue weighted by atomic mass is 9.98. The van der Waals surface area contributed by atoms with E-state index in [0.717, 1.165) is 31.5 Å². The lowest BCUT2D eigenvalue weighted by molar-refractivity contribution is -0.385. The number of nitro groups is 1. The molecule has 7 nitrogen and oxygen atoms in total. The minimum atomic E-state index is -0.833. The van der Waals surface area contributed by atoms with Gasteiger partial charge in [-0.15, -0.1) is 0 Å². The van der Waals surface area contributed by atoms with Gasteiger partial charge in [-0.3, -0.25) is 14.9 Å². The Morgan fingerprint density at radius 1 is 1.52 bits per heavy atom. The Bertz CT molecular complexity index is 546. The maximum absolute atomic E-state index is 11.0. The van der Waals surface area contributed by atoms with Crippen molar-refractivity contribution in [2.75, 3.05) is 18.6 Å². The van der Waals surface area contributed by atoms with Crippen LogP contribution in [0.15, 0.2) is 18.2 Å². The molecule has 21 heavy (non-hydrogen) atoms. The Morgan fingerprint density at radius 2 is 2.29 bits per heavy atom. The average molecular weight is 294 g/mol. The summed E-state index contributed by atoms with van der Waals surface area (Å²) in [5.41, 5.74) is 0.677. The maximum atomic E-state index is 11.0. The summed E-state index contributed by atoms with van der Waals surface area (Å²) in [6, 6.07) is 4.59. The van der Waals surface area contributed by atoms with E-state index in [4.69, 9.17) is 9.84 Å². The number of piperidine rings is 1. The van der Waals surface area contributed by atoms with Gasteiger partial charge in [0.05, 0.1) is 18.5 Å². The van der Waals surface area contributed by atoms with Crippen molar-refractivity contribution in [1.29, 1.82) is 0 Å². The SMILES string of the molecule is COc1cc(N2CCCCC2CC(=O)O)ccc1[N+](=O)[O-]. The van der Waals surface area contributed by atoms with Gasteiger partial charge in [0.25, 0.3) is 0 Å². The van der Waals surface area contributed by atoms with Crippen LogP contribution in [0.4, 0.5) is 11.4 Å². The number of ether oxygens (including phenoxy) is 1. The third-order valence-electron chi connectivity index (χ3n) is 3.73. The van der Waals surface area contributed by atoms with Crippen molar-refractivity contribution in [3.63, 3.8) is 0 Å². The zero-order valence-corrected chi connectivity index (χ0v) is 11.8. The quantitative estimate of drug-likeness (QED) is 0.662. The van der Waals surface area contributed by atoms with Gasteiger partial charge in [0, 0.05) is 30.4 Å². The van der Waals surface area contributed by atoms with Gasteiger partial charge in [0.15, 0.2) is 5.75 Å². The van der Waals surface area contributed by atoms with Gasteiger partial charge in [-0.1, -0.05) is 0 Å². The molecule has 0 amide bonds. The monoisotopic (exact) mass is 294 g/mol. The van der Waals surface area contributed by atoms with Crippen LogP contribution in [0.3, 0.4) is 0 Å². The Kier molecular flexibility index (Phi) is 4.62. The van der Waals surface area contributed by atoms with E-state index < -0.39 is 10.9 Å². The maximum Gasteiger partial charge on any atom is 0.311 e. The van der Waals surface area contributed by atoms with Gasteiger partial charge in [-0.05, 0) is 25.3 Å².